The highest BCUT2D eigenvalue weighted by atomic mass is 16.5. The number of carbonyl (C=O) groups excluding carboxylic acids is 4. The van der Waals surface area contributed by atoms with Gasteiger partial charge in [0.15, 0.2) is 0 Å². The number of ether oxygens (including phenoxy) is 3. The lowest BCUT2D eigenvalue weighted by atomic mass is 9.97. The number of carbonyl (C=O) groups is 4. The van der Waals surface area contributed by atoms with Crippen molar-refractivity contribution in [2.24, 2.45) is 5.92 Å². The Labute approximate surface area is 234 Å². The van der Waals surface area contributed by atoms with E-state index in [1.165, 1.54) is 4.90 Å². The fraction of sp³-hybridized carbons (Fsp3) is 0.448. The Morgan fingerprint density at radius 1 is 1.10 bits per heavy atom. The molecular formula is C29H38N4O7. The number of likely N-dealkylation sites (N-methyl/N-ethyl adjacent to an activating group) is 1. The first-order valence-corrected chi connectivity index (χ1v) is 13.3. The van der Waals surface area contributed by atoms with Crippen LogP contribution in [-0.4, -0.2) is 81.1 Å². The third-order valence-electron chi connectivity index (χ3n) is 6.73. The highest BCUT2D eigenvalue weighted by Crippen LogP contribution is 2.19. The molecular weight excluding hydrogens is 516 g/mol. The molecule has 0 saturated heterocycles. The van der Waals surface area contributed by atoms with E-state index in [-0.39, 0.29) is 50.1 Å². The first-order chi connectivity index (χ1) is 19.2. The fourth-order valence-corrected chi connectivity index (χ4v) is 4.10. The summed E-state index contributed by atoms with van der Waals surface area (Å²) in [6, 6.07) is 11.6. The lowest BCUT2D eigenvalue weighted by Crippen LogP contribution is -2.54. The number of fused-ring (bicyclic) bond motifs is 1. The molecule has 11 nitrogen and oxygen atoms in total. The molecule has 0 radical (unpaired) electrons. The Morgan fingerprint density at radius 2 is 1.80 bits per heavy atom. The van der Waals surface area contributed by atoms with Gasteiger partial charge in [-0.15, -0.1) is 0 Å². The quantitative estimate of drug-likeness (QED) is 0.423. The van der Waals surface area contributed by atoms with Crippen LogP contribution < -0.4 is 30.2 Å². The molecule has 3 N–H and O–H groups in total. The largest absolute Gasteiger partial charge is 0.497 e. The highest BCUT2D eigenvalue weighted by Gasteiger charge is 2.32. The number of hydrogen-bond donors (Lipinski definition) is 3. The number of benzene rings is 2. The van der Waals surface area contributed by atoms with E-state index in [4.69, 9.17) is 14.2 Å². The molecule has 3 atom stereocenters. The Kier molecular flexibility index (Phi) is 11.2. The molecule has 3 rings (SSSR count). The Morgan fingerprint density at radius 3 is 2.50 bits per heavy atom. The van der Waals surface area contributed by atoms with Crippen LogP contribution in [0.25, 0.3) is 0 Å². The van der Waals surface area contributed by atoms with Gasteiger partial charge < -0.3 is 35.1 Å². The molecule has 0 bridgehead atoms. The molecule has 11 heteroatoms. The molecule has 0 fully saturated rings. The zero-order valence-electron chi connectivity index (χ0n) is 23.4. The van der Waals surface area contributed by atoms with Crippen molar-refractivity contribution in [1.82, 2.24) is 20.9 Å². The fourth-order valence-electron chi connectivity index (χ4n) is 4.10. The number of nitrogens with zero attached hydrogens (tertiary/aromatic N) is 1. The van der Waals surface area contributed by atoms with Crippen LogP contribution in [0.1, 0.15) is 37.0 Å². The lowest BCUT2D eigenvalue weighted by molar-refractivity contribution is -0.137. The van der Waals surface area contributed by atoms with Crippen molar-refractivity contribution in [2.45, 2.75) is 38.8 Å². The molecule has 1 aliphatic rings. The van der Waals surface area contributed by atoms with Gasteiger partial charge >= 0.3 is 0 Å². The summed E-state index contributed by atoms with van der Waals surface area (Å²) in [5, 5.41) is 8.16. The van der Waals surface area contributed by atoms with E-state index in [2.05, 4.69) is 16.0 Å². The average Bonchev–Trinajstić information content (AvgIpc) is 2.96. The first-order valence-electron chi connectivity index (χ1n) is 13.3. The van der Waals surface area contributed by atoms with Crippen molar-refractivity contribution >= 4 is 23.6 Å². The van der Waals surface area contributed by atoms with E-state index in [0.717, 1.165) is 0 Å². The van der Waals surface area contributed by atoms with Crippen LogP contribution in [0.4, 0.5) is 0 Å². The third-order valence-corrected chi connectivity index (χ3v) is 6.73. The minimum atomic E-state index is -1.20. The number of nitrogens with one attached hydrogen (secondary N) is 3. The molecule has 1 heterocycles. The van der Waals surface area contributed by atoms with Crippen molar-refractivity contribution in [2.75, 3.05) is 40.5 Å². The van der Waals surface area contributed by atoms with Gasteiger partial charge in [0.25, 0.3) is 5.91 Å². The van der Waals surface area contributed by atoms with Gasteiger partial charge in [-0.3, -0.25) is 19.2 Å². The van der Waals surface area contributed by atoms with Gasteiger partial charge in [-0.25, -0.2) is 0 Å². The molecule has 4 amide bonds. The lowest BCUT2D eigenvalue weighted by Gasteiger charge is -2.29. The van der Waals surface area contributed by atoms with Crippen molar-refractivity contribution in [3.8, 4) is 17.2 Å². The first kappa shape index (κ1) is 30.3. The average molecular weight is 555 g/mol. The Balaban J connectivity index is 1.76. The highest BCUT2D eigenvalue weighted by molar-refractivity contribution is 6.01. The van der Waals surface area contributed by atoms with E-state index in [1.54, 1.807) is 62.7 Å². The second kappa shape index (κ2) is 14.8. The molecule has 2 aromatic rings. The molecule has 0 aromatic heterocycles. The Hall–Kier alpha value is -4.28. The zero-order chi connectivity index (χ0) is 29.1. The SMILES string of the molecule is CC[C@H](C)[C@@H]1NC(=O)C[C@@H](C(=O)NCCOc2ccc(OC)cc2)NC(=O)c2ccccc2OCCN(C)C1=O. The van der Waals surface area contributed by atoms with Gasteiger partial charge in [0, 0.05) is 7.05 Å². The predicted octanol–water partition coefficient (Wildman–Crippen LogP) is 1.76. The summed E-state index contributed by atoms with van der Waals surface area (Å²) in [4.78, 5) is 54.1. The summed E-state index contributed by atoms with van der Waals surface area (Å²) in [5.74, 6) is -0.435. The number of para-hydroxylation sites is 1. The maximum absolute atomic E-state index is 13.2. The van der Waals surface area contributed by atoms with E-state index >= 15 is 0 Å². The number of methoxy groups -OCH3 is 1. The summed E-state index contributed by atoms with van der Waals surface area (Å²) in [6.45, 7) is 4.52. The van der Waals surface area contributed by atoms with Crippen LogP contribution in [-0.2, 0) is 14.4 Å². The van der Waals surface area contributed by atoms with E-state index < -0.39 is 29.8 Å². The van der Waals surface area contributed by atoms with Crippen LogP contribution in [0, 0.1) is 5.92 Å². The smallest absolute Gasteiger partial charge is 0.255 e. The van der Waals surface area contributed by atoms with Gasteiger partial charge in [-0.1, -0.05) is 32.4 Å². The monoisotopic (exact) mass is 554 g/mol. The molecule has 0 spiro atoms. The van der Waals surface area contributed by atoms with Gasteiger partial charge in [0.05, 0.1) is 32.2 Å². The summed E-state index contributed by atoms with van der Waals surface area (Å²) >= 11 is 0. The van der Waals surface area contributed by atoms with Crippen LogP contribution in [0.2, 0.25) is 0 Å². The zero-order valence-corrected chi connectivity index (χ0v) is 23.4. The molecule has 0 unspecified atom stereocenters. The van der Waals surface area contributed by atoms with Crippen LogP contribution >= 0.6 is 0 Å². The van der Waals surface area contributed by atoms with E-state index in [9.17, 15) is 19.2 Å². The minimum absolute atomic E-state index is 0.136. The van der Waals surface area contributed by atoms with Gasteiger partial charge in [0.2, 0.25) is 17.7 Å². The number of hydrogen-bond acceptors (Lipinski definition) is 7. The predicted molar refractivity (Wildman–Crippen MR) is 148 cm³/mol. The third kappa shape index (κ3) is 8.36. The maximum atomic E-state index is 13.2. The number of rotatable bonds is 8. The van der Waals surface area contributed by atoms with Crippen molar-refractivity contribution in [3.63, 3.8) is 0 Å². The normalized spacial score (nSPS) is 19.2. The summed E-state index contributed by atoms with van der Waals surface area (Å²) < 4.78 is 16.6. The molecule has 1 aliphatic heterocycles. The van der Waals surface area contributed by atoms with E-state index in [0.29, 0.717) is 23.7 Å². The van der Waals surface area contributed by atoms with Crippen LogP contribution in [0.15, 0.2) is 48.5 Å². The molecule has 40 heavy (non-hydrogen) atoms. The van der Waals surface area contributed by atoms with Crippen LogP contribution in [0.3, 0.4) is 0 Å². The van der Waals surface area contributed by atoms with Gasteiger partial charge in [-0.05, 0) is 42.3 Å². The topological polar surface area (TPSA) is 135 Å². The summed E-state index contributed by atoms with van der Waals surface area (Å²) in [6.07, 6.45) is 0.299. The standard InChI is InChI=1S/C29H38N4O7/c1-5-19(2)26-29(37)33(3)15-17-40-24-9-7-6-8-22(24)27(35)31-23(18-25(34)32-26)28(36)30-14-16-39-21-12-10-20(38-4)11-13-21/h6-13,19,23,26H,5,14-18H2,1-4H3,(H,30,36)(H,31,35)(H,32,34)/t19-,23-,26-/m0/s1. The number of amides is 4. The molecule has 216 valence electrons. The minimum Gasteiger partial charge on any atom is -0.497 e. The van der Waals surface area contributed by atoms with Gasteiger partial charge in [-0.2, -0.15) is 0 Å². The molecule has 0 aliphatic carbocycles. The second-order valence-electron chi connectivity index (χ2n) is 9.58. The van der Waals surface area contributed by atoms with Crippen molar-refractivity contribution in [3.05, 3.63) is 54.1 Å². The van der Waals surface area contributed by atoms with Crippen molar-refractivity contribution < 1.29 is 33.4 Å². The molecule has 0 saturated carbocycles. The van der Waals surface area contributed by atoms with Gasteiger partial charge in [0.1, 0.15) is 42.5 Å². The second-order valence-corrected chi connectivity index (χ2v) is 9.58. The summed E-state index contributed by atoms with van der Waals surface area (Å²) in [5.41, 5.74) is 0.215. The summed E-state index contributed by atoms with van der Waals surface area (Å²) in [7, 11) is 3.21. The van der Waals surface area contributed by atoms with Crippen LogP contribution in [0.5, 0.6) is 17.2 Å². The Bertz CT molecular complexity index is 1170. The van der Waals surface area contributed by atoms with E-state index in [1.807, 2.05) is 13.8 Å². The maximum Gasteiger partial charge on any atom is 0.255 e. The van der Waals surface area contributed by atoms with Crippen molar-refractivity contribution in [1.29, 1.82) is 0 Å². The molecule has 2 aromatic carbocycles.